The molecule has 2 nitrogen and oxygen atoms in total. The molecule has 0 radical (unpaired) electrons. The van der Waals surface area contributed by atoms with Gasteiger partial charge in [-0.3, -0.25) is 9.88 Å². The predicted octanol–water partition coefficient (Wildman–Crippen LogP) is 3.07. The van der Waals surface area contributed by atoms with Crippen LogP contribution in [-0.4, -0.2) is 28.4 Å². The molecule has 0 N–H and O–H groups in total. The molecule has 1 saturated heterocycles. The van der Waals surface area contributed by atoms with E-state index in [0.29, 0.717) is 0 Å². The van der Waals surface area contributed by atoms with Crippen molar-refractivity contribution in [2.24, 2.45) is 0 Å². The van der Waals surface area contributed by atoms with Crippen LogP contribution in [0.5, 0.6) is 0 Å². The van der Waals surface area contributed by atoms with Crippen molar-refractivity contribution in [1.29, 1.82) is 0 Å². The monoisotopic (exact) mass is 238 g/mol. The van der Waals surface area contributed by atoms with Gasteiger partial charge in [-0.1, -0.05) is 0 Å². The molecule has 2 heterocycles. The second kappa shape index (κ2) is 6.21. The van der Waals surface area contributed by atoms with E-state index in [4.69, 9.17) is 11.6 Å². The van der Waals surface area contributed by atoms with Crippen LogP contribution < -0.4 is 0 Å². The number of hydrogen-bond donors (Lipinski definition) is 0. The van der Waals surface area contributed by atoms with Crippen LogP contribution in [0.3, 0.4) is 0 Å². The van der Waals surface area contributed by atoms with Crippen molar-refractivity contribution in [3.8, 4) is 0 Å². The summed E-state index contributed by atoms with van der Waals surface area (Å²) in [6, 6.07) is 4.96. The average Bonchev–Trinajstić information content (AvgIpc) is 2.75. The van der Waals surface area contributed by atoms with Gasteiger partial charge in [0, 0.05) is 30.9 Å². The quantitative estimate of drug-likeness (QED) is 0.733. The van der Waals surface area contributed by atoms with Gasteiger partial charge in [-0.2, -0.15) is 0 Å². The predicted molar refractivity (Wildman–Crippen MR) is 67.6 cm³/mol. The molecule has 3 heteroatoms. The van der Waals surface area contributed by atoms with Crippen LogP contribution in [0.4, 0.5) is 0 Å². The molecule has 1 atom stereocenters. The number of alkyl halides is 1. The first-order chi connectivity index (χ1) is 7.90. The van der Waals surface area contributed by atoms with Gasteiger partial charge in [-0.25, -0.2) is 0 Å². The van der Waals surface area contributed by atoms with Crippen molar-refractivity contribution in [1.82, 2.24) is 9.88 Å². The summed E-state index contributed by atoms with van der Waals surface area (Å²) >= 11 is 5.76. The summed E-state index contributed by atoms with van der Waals surface area (Å²) in [6.07, 6.45) is 8.80. The highest BCUT2D eigenvalue weighted by atomic mass is 35.5. The van der Waals surface area contributed by atoms with Gasteiger partial charge in [0.15, 0.2) is 0 Å². The molecule has 1 aliphatic rings. The summed E-state index contributed by atoms with van der Waals surface area (Å²) in [7, 11) is 0. The van der Waals surface area contributed by atoms with E-state index in [1.807, 2.05) is 12.4 Å². The van der Waals surface area contributed by atoms with Crippen LogP contribution in [0.2, 0.25) is 0 Å². The summed E-state index contributed by atoms with van der Waals surface area (Å²) in [5.41, 5.74) is 1.37. The maximum absolute atomic E-state index is 5.76. The van der Waals surface area contributed by atoms with E-state index in [2.05, 4.69) is 22.0 Å². The number of aromatic nitrogens is 1. The first-order valence-electron chi connectivity index (χ1n) is 6.09. The van der Waals surface area contributed by atoms with Crippen LogP contribution in [0.25, 0.3) is 0 Å². The smallest absolute Gasteiger partial charge is 0.0271 e. The normalized spacial score (nSPS) is 21.4. The van der Waals surface area contributed by atoms with Gasteiger partial charge in [-0.15, -0.1) is 11.6 Å². The van der Waals surface area contributed by atoms with E-state index in [0.717, 1.165) is 24.9 Å². The summed E-state index contributed by atoms with van der Waals surface area (Å²) in [5.74, 6) is 0.791. The third kappa shape index (κ3) is 3.19. The minimum atomic E-state index is 0.743. The Morgan fingerprint density at radius 3 is 2.94 bits per heavy atom. The SMILES string of the molecule is ClCCCC1CCCN1Cc1ccncc1. The Labute approximate surface area is 103 Å². The Morgan fingerprint density at radius 2 is 2.19 bits per heavy atom. The minimum absolute atomic E-state index is 0.743. The van der Waals surface area contributed by atoms with Crippen molar-refractivity contribution < 1.29 is 0 Å². The zero-order valence-corrected chi connectivity index (χ0v) is 10.4. The van der Waals surface area contributed by atoms with E-state index >= 15 is 0 Å². The summed E-state index contributed by atoms with van der Waals surface area (Å²) in [4.78, 5) is 6.64. The van der Waals surface area contributed by atoms with E-state index < -0.39 is 0 Å². The molecule has 1 unspecified atom stereocenters. The standard InChI is InChI=1S/C13H19ClN2/c14-7-1-3-13-4-2-10-16(13)11-12-5-8-15-9-6-12/h5-6,8-9,13H,1-4,7,10-11H2. The molecule has 0 saturated carbocycles. The first kappa shape index (κ1) is 11.9. The first-order valence-corrected chi connectivity index (χ1v) is 6.62. The van der Waals surface area contributed by atoms with Crippen molar-refractivity contribution in [2.75, 3.05) is 12.4 Å². The molecule has 1 fully saturated rings. The fourth-order valence-electron chi connectivity index (χ4n) is 2.47. The van der Waals surface area contributed by atoms with Crippen molar-refractivity contribution >= 4 is 11.6 Å². The molecule has 1 aromatic heterocycles. The molecule has 0 amide bonds. The van der Waals surface area contributed by atoms with E-state index in [-0.39, 0.29) is 0 Å². The molecule has 1 aliphatic heterocycles. The summed E-state index contributed by atoms with van der Waals surface area (Å²) < 4.78 is 0. The fraction of sp³-hybridized carbons (Fsp3) is 0.615. The summed E-state index contributed by atoms with van der Waals surface area (Å²) in [6.45, 7) is 2.30. The van der Waals surface area contributed by atoms with Crippen molar-refractivity contribution in [3.63, 3.8) is 0 Å². The van der Waals surface area contributed by atoms with E-state index in [9.17, 15) is 0 Å². The van der Waals surface area contributed by atoms with Gasteiger partial charge < -0.3 is 0 Å². The number of nitrogens with zero attached hydrogens (tertiary/aromatic N) is 2. The topological polar surface area (TPSA) is 16.1 Å². The number of halogens is 1. The Bertz CT molecular complexity index is 302. The molecule has 16 heavy (non-hydrogen) atoms. The molecule has 88 valence electrons. The third-order valence-corrected chi connectivity index (χ3v) is 3.57. The molecule has 1 aromatic rings. The highest BCUT2D eigenvalue weighted by Gasteiger charge is 2.23. The Hall–Kier alpha value is -0.600. The zero-order valence-electron chi connectivity index (χ0n) is 9.61. The van der Waals surface area contributed by atoms with Gasteiger partial charge >= 0.3 is 0 Å². The third-order valence-electron chi connectivity index (χ3n) is 3.31. The van der Waals surface area contributed by atoms with E-state index in [1.165, 1.54) is 31.4 Å². The van der Waals surface area contributed by atoms with Crippen LogP contribution in [0.15, 0.2) is 24.5 Å². The number of hydrogen-bond acceptors (Lipinski definition) is 2. The molecular formula is C13H19ClN2. The van der Waals surface area contributed by atoms with Crippen LogP contribution >= 0.6 is 11.6 Å². The largest absolute Gasteiger partial charge is 0.296 e. The van der Waals surface area contributed by atoms with Gasteiger partial charge in [0.05, 0.1) is 0 Å². The molecule has 0 bridgehead atoms. The van der Waals surface area contributed by atoms with Crippen LogP contribution in [0, 0.1) is 0 Å². The van der Waals surface area contributed by atoms with Crippen molar-refractivity contribution in [3.05, 3.63) is 30.1 Å². The number of pyridine rings is 1. The zero-order chi connectivity index (χ0) is 11.2. The molecular weight excluding hydrogens is 220 g/mol. The lowest BCUT2D eigenvalue weighted by molar-refractivity contribution is 0.233. The Balaban J connectivity index is 1.88. The van der Waals surface area contributed by atoms with Gasteiger partial charge in [0.2, 0.25) is 0 Å². The minimum Gasteiger partial charge on any atom is -0.296 e. The maximum atomic E-state index is 5.76. The number of rotatable bonds is 5. The Morgan fingerprint density at radius 1 is 1.38 bits per heavy atom. The molecule has 0 spiro atoms. The van der Waals surface area contributed by atoms with Crippen LogP contribution in [0.1, 0.15) is 31.2 Å². The lowest BCUT2D eigenvalue weighted by Gasteiger charge is -2.24. The van der Waals surface area contributed by atoms with Gasteiger partial charge in [0.25, 0.3) is 0 Å². The lowest BCUT2D eigenvalue weighted by Crippen LogP contribution is -2.28. The maximum Gasteiger partial charge on any atom is 0.0271 e. The van der Waals surface area contributed by atoms with E-state index in [1.54, 1.807) is 0 Å². The van der Waals surface area contributed by atoms with Crippen molar-refractivity contribution in [2.45, 2.75) is 38.3 Å². The second-order valence-corrected chi connectivity index (χ2v) is 4.83. The highest BCUT2D eigenvalue weighted by Crippen LogP contribution is 2.23. The average molecular weight is 239 g/mol. The number of likely N-dealkylation sites (tertiary alicyclic amines) is 1. The molecule has 2 rings (SSSR count). The van der Waals surface area contributed by atoms with Gasteiger partial charge in [-0.05, 0) is 49.9 Å². The highest BCUT2D eigenvalue weighted by molar-refractivity contribution is 6.17. The van der Waals surface area contributed by atoms with Crippen LogP contribution in [-0.2, 0) is 6.54 Å². The lowest BCUT2D eigenvalue weighted by atomic mass is 10.1. The Kier molecular flexibility index (Phi) is 4.61. The molecule has 0 aliphatic carbocycles. The second-order valence-electron chi connectivity index (χ2n) is 4.45. The summed E-state index contributed by atoms with van der Waals surface area (Å²) in [5, 5.41) is 0. The van der Waals surface area contributed by atoms with Gasteiger partial charge in [0.1, 0.15) is 0 Å². The fourth-order valence-corrected chi connectivity index (χ4v) is 2.62. The molecule has 0 aromatic carbocycles.